The molecule has 0 unspecified atom stereocenters. The number of rotatable bonds is 3. The molecule has 0 aliphatic heterocycles. The van der Waals surface area contributed by atoms with Crippen molar-refractivity contribution in [3.8, 4) is 5.75 Å². The van der Waals surface area contributed by atoms with Gasteiger partial charge in [-0.2, -0.15) is 0 Å². The third-order valence-electron chi connectivity index (χ3n) is 4.27. The van der Waals surface area contributed by atoms with Gasteiger partial charge in [0.1, 0.15) is 12.3 Å². The van der Waals surface area contributed by atoms with Crippen LogP contribution in [0.5, 0.6) is 5.75 Å². The van der Waals surface area contributed by atoms with Crippen LogP contribution >= 0.6 is 0 Å². The van der Waals surface area contributed by atoms with E-state index in [1.54, 1.807) is 55.6 Å². The van der Waals surface area contributed by atoms with Gasteiger partial charge in [0.15, 0.2) is 11.4 Å². The summed E-state index contributed by atoms with van der Waals surface area (Å²) in [5.74, 6) is -0.00660. The number of benzene rings is 2. The number of hydrogen-bond acceptors (Lipinski definition) is 4. The Hall–Kier alpha value is -3.48. The van der Waals surface area contributed by atoms with Crippen molar-refractivity contribution in [3.63, 3.8) is 0 Å². The van der Waals surface area contributed by atoms with Crippen molar-refractivity contribution >= 4 is 11.6 Å². The fraction of sp³-hybridized carbons (Fsp3) is 0.111. The van der Waals surface area contributed by atoms with Gasteiger partial charge in [-0.3, -0.25) is 9.59 Å². The lowest BCUT2D eigenvalue weighted by atomic mass is 9.90. The minimum atomic E-state index is -0.358. The number of H-pyrrole nitrogens is 1. The number of hydrogen-bond donors (Lipinski definition) is 1. The minimum Gasteiger partial charge on any atom is -0.497 e. The summed E-state index contributed by atoms with van der Waals surface area (Å²) >= 11 is 0. The number of ether oxygens (including phenoxy) is 1. The summed E-state index contributed by atoms with van der Waals surface area (Å²) in [4.78, 5) is 37.7. The predicted octanol–water partition coefficient (Wildman–Crippen LogP) is 1.56. The number of ketones is 2. The monoisotopic (exact) mass is 336 g/mol. The molecule has 4 rings (SSSR count). The molecule has 7 heteroatoms. The van der Waals surface area contributed by atoms with E-state index in [1.165, 1.54) is 4.68 Å². The summed E-state index contributed by atoms with van der Waals surface area (Å²) < 4.78 is 6.77. The van der Waals surface area contributed by atoms with E-state index >= 15 is 0 Å². The second-order valence-corrected chi connectivity index (χ2v) is 5.72. The van der Waals surface area contributed by atoms with Gasteiger partial charge in [0, 0.05) is 11.1 Å². The van der Waals surface area contributed by atoms with Gasteiger partial charge < -0.3 is 4.74 Å². The Bertz CT molecular complexity index is 1060. The molecule has 1 aliphatic carbocycles. The zero-order chi connectivity index (χ0) is 17.6. The van der Waals surface area contributed by atoms with Crippen LogP contribution in [0.3, 0.4) is 0 Å². The summed E-state index contributed by atoms with van der Waals surface area (Å²) in [7, 11) is 1.57. The molecule has 3 aromatic rings. The molecule has 0 radical (unpaired) electrons. The Labute approximate surface area is 142 Å². The Balaban J connectivity index is 1.81. The largest absolute Gasteiger partial charge is 0.497 e. The standard InChI is InChI=1S/C18H13N3O4/c1-25-12-8-6-11(7-9-12)10-20-16-15(19-21(20)24)17(22)13-4-2-3-5-14(13)18(16)23/h2-9H,10H2,1H3/p+1. The highest BCUT2D eigenvalue weighted by Gasteiger charge is 2.38. The number of aromatic nitrogens is 3. The second kappa shape index (κ2) is 5.55. The first-order valence-corrected chi connectivity index (χ1v) is 7.67. The van der Waals surface area contributed by atoms with Gasteiger partial charge in [0.25, 0.3) is 4.66 Å². The number of fused-ring (bicyclic) bond motifs is 2. The Morgan fingerprint density at radius 2 is 1.64 bits per heavy atom. The van der Waals surface area contributed by atoms with E-state index in [0.717, 1.165) is 5.56 Å². The van der Waals surface area contributed by atoms with E-state index in [4.69, 9.17) is 4.74 Å². The first-order chi connectivity index (χ1) is 12.1. The molecule has 25 heavy (non-hydrogen) atoms. The van der Waals surface area contributed by atoms with Gasteiger partial charge in [0.05, 0.1) is 12.0 Å². The third-order valence-corrected chi connectivity index (χ3v) is 4.27. The highest BCUT2D eigenvalue weighted by atomic mass is 16.5. The number of nitrogens with one attached hydrogen (secondary N) is 1. The van der Waals surface area contributed by atoms with Crippen LogP contribution in [0.1, 0.15) is 37.7 Å². The first kappa shape index (κ1) is 15.1. The molecular weight excluding hydrogens is 322 g/mol. The summed E-state index contributed by atoms with van der Waals surface area (Å²) in [5, 5.41) is 2.46. The Kier molecular flexibility index (Phi) is 3.35. The van der Waals surface area contributed by atoms with Crippen LogP contribution in [0.15, 0.2) is 48.5 Å². The third kappa shape index (κ3) is 2.28. The van der Waals surface area contributed by atoms with E-state index in [0.29, 0.717) is 21.5 Å². The van der Waals surface area contributed by atoms with Crippen molar-refractivity contribution in [2.45, 2.75) is 6.54 Å². The maximum atomic E-state index is 12.8. The van der Waals surface area contributed by atoms with Gasteiger partial charge in [-0.1, -0.05) is 46.2 Å². The predicted molar refractivity (Wildman–Crippen MR) is 87.6 cm³/mol. The minimum absolute atomic E-state index is 0.0206. The van der Waals surface area contributed by atoms with Crippen LogP contribution in [0.25, 0.3) is 0 Å². The SMILES string of the molecule is COc1ccc(Cn2c3c([nH][n+]2=O)C(=O)c2ccccc2C3=O)cc1. The van der Waals surface area contributed by atoms with E-state index in [-0.39, 0.29) is 29.5 Å². The van der Waals surface area contributed by atoms with Crippen LogP contribution < -0.4 is 9.39 Å². The number of carbonyl (C=O) groups excluding carboxylic acids is 2. The molecule has 124 valence electrons. The maximum absolute atomic E-state index is 12.8. The Morgan fingerprint density at radius 1 is 1.00 bits per heavy atom. The van der Waals surface area contributed by atoms with Gasteiger partial charge in [-0.25, -0.2) is 0 Å². The molecule has 0 saturated carbocycles. The molecule has 1 heterocycles. The van der Waals surface area contributed by atoms with Gasteiger partial charge in [-0.05, 0) is 17.7 Å². The van der Waals surface area contributed by atoms with Gasteiger partial charge in [0.2, 0.25) is 11.6 Å². The van der Waals surface area contributed by atoms with E-state index < -0.39 is 0 Å². The normalized spacial score (nSPS) is 12.7. The number of aromatic amines is 1. The van der Waals surface area contributed by atoms with Crippen molar-refractivity contribution in [1.82, 2.24) is 9.78 Å². The number of nitrogens with zero attached hydrogens (tertiary/aromatic N) is 2. The van der Waals surface area contributed by atoms with E-state index in [2.05, 4.69) is 5.10 Å². The molecule has 0 bridgehead atoms. The molecule has 0 saturated heterocycles. The highest BCUT2D eigenvalue weighted by molar-refractivity contribution is 6.26. The van der Waals surface area contributed by atoms with Crippen molar-refractivity contribution in [2.24, 2.45) is 0 Å². The summed E-state index contributed by atoms with van der Waals surface area (Å²) in [6.45, 7) is 0.153. The van der Waals surface area contributed by atoms with E-state index in [9.17, 15) is 14.5 Å². The van der Waals surface area contributed by atoms with Crippen LogP contribution in [-0.2, 0) is 6.54 Å². The molecule has 0 atom stereocenters. The lowest BCUT2D eigenvalue weighted by Gasteiger charge is -2.12. The molecule has 0 spiro atoms. The van der Waals surface area contributed by atoms with Crippen molar-refractivity contribution < 1.29 is 19.0 Å². The molecule has 1 N–H and O–H groups in total. The molecule has 0 fully saturated rings. The van der Waals surface area contributed by atoms with Gasteiger partial charge >= 0.3 is 0 Å². The molecule has 7 nitrogen and oxygen atoms in total. The Morgan fingerprint density at radius 3 is 2.28 bits per heavy atom. The average molecular weight is 336 g/mol. The quantitative estimate of drug-likeness (QED) is 0.575. The smallest absolute Gasteiger partial charge is 0.259 e. The average Bonchev–Trinajstić information content (AvgIpc) is 2.97. The van der Waals surface area contributed by atoms with Crippen LogP contribution in [0.2, 0.25) is 0 Å². The maximum Gasteiger partial charge on any atom is 0.259 e. The fourth-order valence-electron chi connectivity index (χ4n) is 3.01. The lowest BCUT2D eigenvalue weighted by Crippen LogP contribution is -2.32. The molecule has 1 aliphatic rings. The number of methoxy groups -OCH3 is 1. The highest BCUT2D eigenvalue weighted by Crippen LogP contribution is 2.25. The summed E-state index contributed by atoms with van der Waals surface area (Å²) in [6.07, 6.45) is 0. The zero-order valence-electron chi connectivity index (χ0n) is 13.4. The zero-order valence-corrected chi connectivity index (χ0v) is 13.4. The van der Waals surface area contributed by atoms with Crippen LogP contribution in [-0.4, -0.2) is 28.5 Å². The molecule has 2 aromatic carbocycles. The van der Waals surface area contributed by atoms with Gasteiger partial charge in [-0.15, -0.1) is 0 Å². The lowest BCUT2D eigenvalue weighted by molar-refractivity contribution is -0.651. The first-order valence-electron chi connectivity index (χ1n) is 7.67. The topological polar surface area (TPSA) is 87.1 Å². The molecular formula is C18H14N3O4+. The van der Waals surface area contributed by atoms with Crippen molar-refractivity contribution in [1.29, 1.82) is 0 Å². The van der Waals surface area contributed by atoms with Crippen molar-refractivity contribution in [2.75, 3.05) is 7.11 Å². The van der Waals surface area contributed by atoms with E-state index in [1.807, 2.05) is 0 Å². The van der Waals surface area contributed by atoms with Crippen molar-refractivity contribution in [3.05, 3.63) is 81.5 Å². The summed E-state index contributed by atoms with van der Waals surface area (Å²) in [6, 6.07) is 13.7. The van der Waals surface area contributed by atoms with Crippen LogP contribution in [0.4, 0.5) is 0 Å². The number of carbonyl (C=O) groups is 2. The second-order valence-electron chi connectivity index (χ2n) is 5.72. The summed E-state index contributed by atoms with van der Waals surface area (Å²) in [5.41, 5.74) is 1.51. The molecule has 0 amide bonds. The molecule has 1 aromatic heterocycles. The fourth-order valence-corrected chi connectivity index (χ4v) is 3.01. The van der Waals surface area contributed by atoms with Crippen LogP contribution in [0, 0.1) is 4.91 Å².